The van der Waals surface area contributed by atoms with Crippen LogP contribution in [0.5, 0.6) is 0 Å². The van der Waals surface area contributed by atoms with E-state index in [1.807, 2.05) is 25.1 Å². The Morgan fingerprint density at radius 2 is 2.47 bits per heavy atom. The van der Waals surface area contributed by atoms with Crippen LogP contribution in [0.1, 0.15) is 18.5 Å². The summed E-state index contributed by atoms with van der Waals surface area (Å²) in [5, 5.41) is 2.96. The van der Waals surface area contributed by atoms with Crippen LogP contribution in [0.2, 0.25) is 0 Å². The first kappa shape index (κ1) is 12.0. The molecule has 6 heteroatoms. The van der Waals surface area contributed by atoms with E-state index in [4.69, 9.17) is 10.2 Å². The summed E-state index contributed by atoms with van der Waals surface area (Å²) in [6.45, 7) is 3.03. The lowest BCUT2D eigenvalue weighted by Gasteiger charge is -2.21. The van der Waals surface area contributed by atoms with E-state index >= 15 is 0 Å². The maximum Gasteiger partial charge on any atom is 0.318 e. The fourth-order valence-corrected chi connectivity index (χ4v) is 2.34. The first-order valence-corrected chi connectivity index (χ1v) is 6.29. The molecule has 2 unspecified atom stereocenters. The molecule has 0 radical (unpaired) electrons. The van der Waals surface area contributed by atoms with Crippen LogP contribution < -0.4 is 11.1 Å². The number of hydrogen-bond donors (Lipinski definition) is 2. The van der Waals surface area contributed by atoms with E-state index in [9.17, 15) is 4.79 Å². The highest BCUT2D eigenvalue weighted by molar-refractivity contribution is 5.78. The van der Waals surface area contributed by atoms with E-state index in [2.05, 4.69) is 10.3 Å². The van der Waals surface area contributed by atoms with E-state index in [0.717, 1.165) is 16.7 Å². The van der Waals surface area contributed by atoms with Gasteiger partial charge in [0.05, 0.1) is 6.04 Å². The van der Waals surface area contributed by atoms with Crippen LogP contribution in [0.4, 0.5) is 4.79 Å². The molecule has 1 fully saturated rings. The van der Waals surface area contributed by atoms with Crippen molar-refractivity contribution in [2.24, 2.45) is 5.73 Å². The maximum absolute atomic E-state index is 11.9. The molecule has 0 bridgehead atoms. The van der Waals surface area contributed by atoms with Crippen LogP contribution in [0.15, 0.2) is 29.0 Å². The normalized spacial score (nSPS) is 20.8. The van der Waals surface area contributed by atoms with E-state index < -0.39 is 0 Å². The van der Waals surface area contributed by atoms with Gasteiger partial charge in [-0.05, 0) is 24.6 Å². The quantitative estimate of drug-likeness (QED) is 0.869. The van der Waals surface area contributed by atoms with Crippen LogP contribution >= 0.6 is 0 Å². The SMILES string of the molecule is CC(CN)N1CC(c2ccc3ncoc3c2)NC1=O. The third-order valence-electron chi connectivity index (χ3n) is 3.57. The Labute approximate surface area is 110 Å². The van der Waals surface area contributed by atoms with Gasteiger partial charge in [0.1, 0.15) is 5.52 Å². The number of hydrogen-bond acceptors (Lipinski definition) is 4. The number of nitrogens with zero attached hydrogens (tertiary/aromatic N) is 2. The molecule has 0 spiro atoms. The number of aromatic nitrogens is 1. The average molecular weight is 260 g/mol. The Kier molecular flexibility index (Phi) is 2.87. The van der Waals surface area contributed by atoms with Gasteiger partial charge >= 0.3 is 6.03 Å². The molecule has 1 aromatic carbocycles. The Morgan fingerprint density at radius 3 is 3.26 bits per heavy atom. The number of urea groups is 1. The Morgan fingerprint density at radius 1 is 1.63 bits per heavy atom. The van der Waals surface area contributed by atoms with Crippen LogP contribution in [0.25, 0.3) is 11.1 Å². The van der Waals surface area contributed by atoms with Gasteiger partial charge in [0, 0.05) is 19.1 Å². The minimum Gasteiger partial charge on any atom is -0.443 e. The Hall–Kier alpha value is -2.08. The molecule has 19 heavy (non-hydrogen) atoms. The number of carbonyl (C=O) groups is 1. The third-order valence-corrected chi connectivity index (χ3v) is 3.57. The standard InChI is InChI=1S/C13H16N4O2/c1-8(5-14)17-6-11(16-13(17)18)9-2-3-10-12(4-9)19-7-15-10/h2-4,7-8,11H,5-6,14H2,1H3,(H,16,18). The minimum atomic E-state index is -0.0689. The van der Waals surface area contributed by atoms with Crippen LogP contribution in [-0.2, 0) is 0 Å². The van der Waals surface area contributed by atoms with Crippen molar-refractivity contribution in [3.8, 4) is 0 Å². The number of rotatable bonds is 3. The minimum absolute atomic E-state index is 0.0315. The van der Waals surface area contributed by atoms with Crippen molar-refractivity contribution in [3.63, 3.8) is 0 Å². The van der Waals surface area contributed by atoms with Gasteiger partial charge in [-0.15, -0.1) is 0 Å². The first-order valence-electron chi connectivity index (χ1n) is 6.29. The molecule has 6 nitrogen and oxygen atoms in total. The van der Waals surface area contributed by atoms with Gasteiger partial charge in [-0.1, -0.05) is 6.07 Å². The zero-order chi connectivity index (χ0) is 13.4. The molecule has 2 heterocycles. The summed E-state index contributed by atoms with van der Waals surface area (Å²) in [5.74, 6) is 0. The van der Waals surface area contributed by atoms with Crippen molar-refractivity contribution < 1.29 is 9.21 Å². The monoisotopic (exact) mass is 260 g/mol. The smallest absolute Gasteiger partial charge is 0.318 e. The lowest BCUT2D eigenvalue weighted by Crippen LogP contribution is -2.40. The number of carbonyl (C=O) groups excluding carboxylic acids is 1. The maximum atomic E-state index is 11.9. The fraction of sp³-hybridized carbons (Fsp3) is 0.385. The molecule has 2 aromatic rings. The molecule has 1 aliphatic rings. The number of oxazole rings is 1. The highest BCUT2D eigenvalue weighted by atomic mass is 16.3. The molecule has 3 rings (SSSR count). The van der Waals surface area contributed by atoms with Crippen molar-refractivity contribution in [1.29, 1.82) is 0 Å². The molecule has 1 saturated heterocycles. The van der Waals surface area contributed by atoms with Crippen molar-refractivity contribution in [3.05, 3.63) is 30.2 Å². The fourth-order valence-electron chi connectivity index (χ4n) is 2.34. The zero-order valence-electron chi connectivity index (χ0n) is 10.7. The highest BCUT2D eigenvalue weighted by Gasteiger charge is 2.32. The predicted molar refractivity (Wildman–Crippen MR) is 70.5 cm³/mol. The second kappa shape index (κ2) is 4.55. The number of fused-ring (bicyclic) bond motifs is 1. The van der Waals surface area contributed by atoms with E-state index in [-0.39, 0.29) is 18.1 Å². The number of nitrogens with two attached hydrogens (primary N) is 1. The largest absolute Gasteiger partial charge is 0.443 e. The number of benzene rings is 1. The molecular formula is C13H16N4O2. The first-order chi connectivity index (χ1) is 9.19. The molecule has 2 amide bonds. The average Bonchev–Trinajstić information content (AvgIpc) is 3.03. The lowest BCUT2D eigenvalue weighted by molar-refractivity contribution is 0.203. The molecule has 100 valence electrons. The number of amides is 2. The van der Waals surface area contributed by atoms with Crippen molar-refractivity contribution in [2.45, 2.75) is 19.0 Å². The molecule has 0 aliphatic carbocycles. The van der Waals surface area contributed by atoms with Gasteiger partial charge in [-0.3, -0.25) is 0 Å². The van der Waals surface area contributed by atoms with Crippen molar-refractivity contribution in [1.82, 2.24) is 15.2 Å². The Balaban J connectivity index is 1.85. The number of nitrogens with one attached hydrogen (secondary N) is 1. The molecule has 2 atom stereocenters. The van der Waals surface area contributed by atoms with Gasteiger partial charge in [0.25, 0.3) is 0 Å². The van der Waals surface area contributed by atoms with Gasteiger partial charge in [-0.2, -0.15) is 0 Å². The Bertz CT molecular complexity index is 609. The van der Waals surface area contributed by atoms with Crippen LogP contribution in [0.3, 0.4) is 0 Å². The molecular weight excluding hydrogens is 244 g/mol. The van der Waals surface area contributed by atoms with Gasteiger partial charge in [0.2, 0.25) is 0 Å². The summed E-state index contributed by atoms with van der Waals surface area (Å²) >= 11 is 0. The molecule has 0 saturated carbocycles. The lowest BCUT2D eigenvalue weighted by atomic mass is 10.1. The third kappa shape index (κ3) is 2.04. The predicted octanol–water partition coefficient (Wildman–Crippen LogP) is 1.24. The topological polar surface area (TPSA) is 84.4 Å². The van der Waals surface area contributed by atoms with E-state index in [0.29, 0.717) is 13.1 Å². The van der Waals surface area contributed by atoms with Crippen molar-refractivity contribution in [2.75, 3.05) is 13.1 Å². The molecule has 1 aromatic heterocycles. The van der Waals surface area contributed by atoms with E-state index in [1.165, 1.54) is 6.39 Å². The van der Waals surface area contributed by atoms with Crippen LogP contribution in [0, 0.1) is 0 Å². The molecule has 1 aliphatic heterocycles. The second-order valence-corrected chi connectivity index (χ2v) is 4.82. The summed E-state index contributed by atoms with van der Waals surface area (Å²) in [6, 6.07) is 5.72. The summed E-state index contributed by atoms with van der Waals surface area (Å²) in [5.41, 5.74) is 8.18. The summed E-state index contributed by atoms with van der Waals surface area (Å²) < 4.78 is 5.28. The van der Waals surface area contributed by atoms with Crippen molar-refractivity contribution >= 4 is 17.1 Å². The summed E-state index contributed by atoms with van der Waals surface area (Å²) in [4.78, 5) is 17.7. The van der Waals surface area contributed by atoms with Crippen LogP contribution in [-0.4, -0.2) is 35.0 Å². The van der Waals surface area contributed by atoms with E-state index in [1.54, 1.807) is 4.90 Å². The van der Waals surface area contributed by atoms with Gasteiger partial charge in [0.15, 0.2) is 12.0 Å². The summed E-state index contributed by atoms with van der Waals surface area (Å²) in [6.07, 6.45) is 1.42. The second-order valence-electron chi connectivity index (χ2n) is 4.82. The highest BCUT2D eigenvalue weighted by Crippen LogP contribution is 2.24. The summed E-state index contributed by atoms with van der Waals surface area (Å²) in [7, 11) is 0. The molecule has 3 N–H and O–H groups in total. The van der Waals surface area contributed by atoms with Gasteiger partial charge < -0.3 is 20.4 Å². The van der Waals surface area contributed by atoms with Gasteiger partial charge in [-0.25, -0.2) is 9.78 Å². The zero-order valence-corrected chi connectivity index (χ0v) is 10.7.